The Labute approximate surface area is 140 Å². The van der Waals surface area contributed by atoms with Crippen molar-refractivity contribution < 1.29 is 45.4 Å². The van der Waals surface area contributed by atoms with Gasteiger partial charge in [-0.25, -0.2) is 0 Å². The summed E-state index contributed by atoms with van der Waals surface area (Å²) in [5.41, 5.74) is 0. The molecule has 0 spiro atoms. The molecule has 0 aromatic heterocycles. The molecule has 0 aromatic rings. The van der Waals surface area contributed by atoms with E-state index in [1.54, 1.807) is 0 Å². The van der Waals surface area contributed by atoms with Crippen LogP contribution in [0.5, 0.6) is 0 Å². The van der Waals surface area contributed by atoms with E-state index in [1.165, 1.54) is 0 Å². The van der Waals surface area contributed by atoms with E-state index in [0.29, 0.717) is 12.8 Å². The molecule has 0 aliphatic heterocycles. The maximum absolute atomic E-state index is 11.7. The summed E-state index contributed by atoms with van der Waals surface area (Å²) in [5.74, 6) is -4.06. The highest BCUT2D eigenvalue weighted by Crippen LogP contribution is 2.16. The van der Waals surface area contributed by atoms with Crippen molar-refractivity contribution in [1.82, 2.24) is 0 Å². The molecule has 0 bridgehead atoms. The van der Waals surface area contributed by atoms with E-state index in [1.807, 2.05) is 6.92 Å². The van der Waals surface area contributed by atoms with Gasteiger partial charge < -0.3 is 9.84 Å². The lowest BCUT2D eigenvalue weighted by Crippen LogP contribution is -2.50. The fraction of sp³-hybridized carbons (Fsp3) is 0.833. The normalized spacial score (nSPS) is 14.8. The zero-order chi connectivity index (χ0) is 19.0. The number of unbranched alkanes of at least 4 members (excludes halogenated alkanes) is 5. The summed E-state index contributed by atoms with van der Waals surface area (Å²) in [6, 6.07) is 0. The topological polar surface area (TPSA) is 172 Å². The highest BCUT2D eigenvalue weighted by atomic mass is 32.2. The standard InChI is InChI=1S/C12H22O10S2/c1-2-3-4-5-6-7-8-22-12(15)10(24(19,20)21)9(11(13)14)23(16,17)18/h9-10H,2-8H2,1H3,(H,13,14)(H,16,17,18)(H,19,20,21). The lowest BCUT2D eigenvalue weighted by molar-refractivity contribution is -0.147. The van der Waals surface area contributed by atoms with Crippen molar-refractivity contribution in [1.29, 1.82) is 0 Å². The van der Waals surface area contributed by atoms with Crippen molar-refractivity contribution in [2.24, 2.45) is 0 Å². The number of hydrogen-bond acceptors (Lipinski definition) is 7. The maximum atomic E-state index is 11.7. The third kappa shape index (κ3) is 8.04. The quantitative estimate of drug-likeness (QED) is 0.242. The first kappa shape index (κ1) is 22.8. The molecule has 24 heavy (non-hydrogen) atoms. The molecule has 10 nitrogen and oxygen atoms in total. The summed E-state index contributed by atoms with van der Waals surface area (Å²) < 4.78 is 66.8. The van der Waals surface area contributed by atoms with E-state index in [-0.39, 0.29) is 6.61 Å². The molecule has 0 aromatic carbocycles. The number of carboxylic acid groups (broad SMARTS) is 1. The van der Waals surface area contributed by atoms with Gasteiger partial charge in [0.2, 0.25) is 10.5 Å². The van der Waals surface area contributed by atoms with Crippen molar-refractivity contribution in [2.75, 3.05) is 6.61 Å². The first-order chi connectivity index (χ1) is 10.9. The number of esters is 1. The number of ether oxygens (including phenoxy) is 1. The second-order valence-corrected chi connectivity index (χ2v) is 8.22. The Bertz CT molecular complexity index is 622. The van der Waals surface area contributed by atoms with E-state index < -0.39 is 42.7 Å². The molecule has 2 atom stereocenters. The van der Waals surface area contributed by atoms with Crippen LogP contribution in [0.15, 0.2) is 0 Å². The molecule has 0 saturated carbocycles. The van der Waals surface area contributed by atoms with Gasteiger partial charge >= 0.3 is 11.9 Å². The van der Waals surface area contributed by atoms with Crippen LogP contribution >= 0.6 is 0 Å². The van der Waals surface area contributed by atoms with Gasteiger partial charge in [0.25, 0.3) is 20.2 Å². The smallest absolute Gasteiger partial charge is 0.328 e. The van der Waals surface area contributed by atoms with Gasteiger partial charge in [-0.1, -0.05) is 39.0 Å². The van der Waals surface area contributed by atoms with Crippen LogP contribution in [0.3, 0.4) is 0 Å². The summed E-state index contributed by atoms with van der Waals surface area (Å²) in [7, 11) is -10.9. The summed E-state index contributed by atoms with van der Waals surface area (Å²) in [5, 5.41) is 2.71. The Morgan fingerprint density at radius 3 is 1.75 bits per heavy atom. The molecule has 0 aliphatic carbocycles. The third-order valence-corrected chi connectivity index (χ3v) is 5.53. The van der Waals surface area contributed by atoms with Crippen molar-refractivity contribution in [3.63, 3.8) is 0 Å². The van der Waals surface area contributed by atoms with Crippen LogP contribution in [0.25, 0.3) is 0 Å². The maximum Gasteiger partial charge on any atom is 0.328 e. The molecule has 0 aliphatic rings. The number of carboxylic acids is 1. The summed E-state index contributed by atoms with van der Waals surface area (Å²) in [4.78, 5) is 22.6. The van der Waals surface area contributed by atoms with E-state index >= 15 is 0 Å². The van der Waals surface area contributed by atoms with Crippen LogP contribution in [0.4, 0.5) is 0 Å². The van der Waals surface area contributed by atoms with E-state index in [9.17, 15) is 26.4 Å². The zero-order valence-corrected chi connectivity index (χ0v) is 14.8. The minimum Gasteiger partial charge on any atom is -0.480 e. The van der Waals surface area contributed by atoms with Crippen LogP contribution in [-0.4, -0.2) is 60.1 Å². The largest absolute Gasteiger partial charge is 0.480 e. The summed E-state index contributed by atoms with van der Waals surface area (Å²) in [6.07, 6.45) is 4.94. The van der Waals surface area contributed by atoms with Gasteiger partial charge in [0.05, 0.1) is 6.61 Å². The molecule has 0 rings (SSSR count). The molecule has 0 radical (unpaired) electrons. The molecule has 0 saturated heterocycles. The van der Waals surface area contributed by atoms with Gasteiger partial charge in [-0.3, -0.25) is 18.7 Å². The number of aliphatic carboxylic acids is 1. The molecular weight excluding hydrogens is 368 g/mol. The highest BCUT2D eigenvalue weighted by Gasteiger charge is 2.51. The fourth-order valence-corrected chi connectivity index (χ4v) is 4.21. The summed E-state index contributed by atoms with van der Waals surface area (Å²) >= 11 is 0. The Balaban J connectivity index is 4.91. The van der Waals surface area contributed by atoms with Crippen LogP contribution in [0.2, 0.25) is 0 Å². The SMILES string of the molecule is CCCCCCCCOC(=O)C(C(C(=O)O)S(=O)(=O)O)S(=O)(=O)O. The van der Waals surface area contributed by atoms with Crippen LogP contribution in [0.1, 0.15) is 45.4 Å². The highest BCUT2D eigenvalue weighted by molar-refractivity contribution is 7.91. The fourth-order valence-electron chi connectivity index (χ4n) is 1.95. The number of carbonyl (C=O) groups excluding carboxylic acids is 1. The molecule has 0 heterocycles. The minimum atomic E-state index is -5.48. The second-order valence-electron chi connectivity index (χ2n) is 5.14. The zero-order valence-electron chi connectivity index (χ0n) is 13.1. The predicted octanol–water partition coefficient (Wildman–Crippen LogP) is 0.488. The molecule has 0 fully saturated rings. The van der Waals surface area contributed by atoms with Crippen LogP contribution < -0.4 is 0 Å². The Morgan fingerprint density at radius 2 is 1.33 bits per heavy atom. The Kier molecular flexibility index (Phi) is 9.40. The van der Waals surface area contributed by atoms with Gasteiger partial charge in [0.1, 0.15) is 0 Å². The minimum absolute atomic E-state index is 0.269. The first-order valence-corrected chi connectivity index (χ1v) is 10.3. The van der Waals surface area contributed by atoms with E-state index in [4.69, 9.17) is 14.2 Å². The Hall–Kier alpha value is -1.24. The van der Waals surface area contributed by atoms with Crippen molar-refractivity contribution in [3.05, 3.63) is 0 Å². The predicted molar refractivity (Wildman–Crippen MR) is 82.6 cm³/mol. The van der Waals surface area contributed by atoms with Gasteiger partial charge in [-0.05, 0) is 6.42 Å². The van der Waals surface area contributed by atoms with E-state index in [2.05, 4.69) is 4.74 Å². The molecule has 0 amide bonds. The van der Waals surface area contributed by atoms with Crippen molar-refractivity contribution in [3.8, 4) is 0 Å². The number of hydrogen-bond donors (Lipinski definition) is 3. The second kappa shape index (κ2) is 9.91. The van der Waals surface area contributed by atoms with Crippen LogP contribution in [-0.2, 0) is 34.6 Å². The van der Waals surface area contributed by atoms with E-state index in [0.717, 1.165) is 25.7 Å². The molecule has 3 N–H and O–H groups in total. The van der Waals surface area contributed by atoms with Crippen LogP contribution in [0, 0.1) is 0 Å². The van der Waals surface area contributed by atoms with Crippen molar-refractivity contribution in [2.45, 2.75) is 55.9 Å². The lowest BCUT2D eigenvalue weighted by Gasteiger charge is -2.17. The number of carbonyl (C=O) groups is 2. The Morgan fingerprint density at radius 1 is 0.875 bits per heavy atom. The molecule has 2 unspecified atom stereocenters. The van der Waals surface area contributed by atoms with Gasteiger partial charge in [0.15, 0.2) is 0 Å². The average molecular weight is 390 g/mol. The third-order valence-electron chi connectivity index (χ3n) is 3.13. The van der Waals surface area contributed by atoms with Gasteiger partial charge in [0, 0.05) is 0 Å². The lowest BCUT2D eigenvalue weighted by atomic mass is 10.1. The van der Waals surface area contributed by atoms with Gasteiger partial charge in [-0.15, -0.1) is 0 Å². The van der Waals surface area contributed by atoms with Gasteiger partial charge in [-0.2, -0.15) is 16.8 Å². The monoisotopic (exact) mass is 390 g/mol. The molecular formula is C12H22O10S2. The number of rotatable bonds is 12. The summed E-state index contributed by atoms with van der Waals surface area (Å²) in [6.45, 7) is 1.76. The average Bonchev–Trinajstić information content (AvgIpc) is 2.40. The van der Waals surface area contributed by atoms with Crippen molar-refractivity contribution >= 4 is 32.2 Å². The molecule has 12 heteroatoms. The molecule has 142 valence electrons. The first-order valence-electron chi connectivity index (χ1n) is 7.25.